The Morgan fingerprint density at radius 1 is 1.47 bits per heavy atom. The minimum atomic E-state index is 0.336. The lowest BCUT2D eigenvalue weighted by molar-refractivity contribution is 0.532. The molecule has 1 aliphatic carbocycles. The quantitative estimate of drug-likeness (QED) is 0.917. The van der Waals surface area contributed by atoms with E-state index in [4.69, 9.17) is 0 Å². The van der Waals surface area contributed by atoms with E-state index in [1.165, 1.54) is 24.1 Å². The van der Waals surface area contributed by atoms with E-state index in [2.05, 4.69) is 36.2 Å². The van der Waals surface area contributed by atoms with Crippen LogP contribution in [0.2, 0.25) is 0 Å². The molecule has 2 aromatic heterocycles. The zero-order valence-electron chi connectivity index (χ0n) is 12.1. The van der Waals surface area contributed by atoms with Crippen molar-refractivity contribution in [1.29, 1.82) is 0 Å². The molecule has 0 radical (unpaired) electrons. The second-order valence-corrected chi connectivity index (χ2v) is 5.75. The smallest absolute Gasteiger partial charge is 0.155 e. The molecule has 0 saturated heterocycles. The van der Waals surface area contributed by atoms with Gasteiger partial charge in [0.05, 0.1) is 5.69 Å². The number of aryl methyl sites for hydroxylation is 2. The molecule has 3 atom stereocenters. The first kappa shape index (κ1) is 12.6. The van der Waals surface area contributed by atoms with E-state index >= 15 is 0 Å². The Morgan fingerprint density at radius 2 is 2.26 bits per heavy atom. The largest absolute Gasteiger partial charge is 0.307 e. The van der Waals surface area contributed by atoms with Gasteiger partial charge in [0.15, 0.2) is 5.65 Å². The lowest BCUT2D eigenvalue weighted by Gasteiger charge is -2.16. The van der Waals surface area contributed by atoms with Crippen molar-refractivity contribution in [2.45, 2.75) is 52.6 Å². The van der Waals surface area contributed by atoms with Crippen molar-refractivity contribution in [2.75, 3.05) is 0 Å². The molecule has 4 heteroatoms. The van der Waals surface area contributed by atoms with E-state index in [0.717, 1.165) is 17.3 Å². The molecule has 19 heavy (non-hydrogen) atoms. The zero-order chi connectivity index (χ0) is 13.6. The van der Waals surface area contributed by atoms with E-state index in [1.807, 2.05) is 23.7 Å². The fourth-order valence-corrected chi connectivity index (χ4v) is 2.91. The highest BCUT2D eigenvalue weighted by atomic mass is 15.3. The number of hydrogen-bond acceptors (Lipinski definition) is 3. The van der Waals surface area contributed by atoms with Gasteiger partial charge in [-0.15, -0.1) is 0 Å². The maximum atomic E-state index is 4.51. The fourth-order valence-electron chi connectivity index (χ4n) is 2.91. The molecule has 3 rings (SSSR count). The molecule has 102 valence electrons. The third-order valence-electron chi connectivity index (χ3n) is 4.26. The normalized spacial score (nSPS) is 23.8. The monoisotopic (exact) mass is 258 g/mol. The standard InChI is InChI=1S/C15H22N4/c1-5-12-7-14(12)17-10(3)13-8-16-15-6-9(2)18-19(15)11(13)4/h6,8,10,12,14,17H,5,7H2,1-4H3. The summed E-state index contributed by atoms with van der Waals surface area (Å²) in [6.45, 7) is 8.62. The Kier molecular flexibility index (Phi) is 3.05. The van der Waals surface area contributed by atoms with Gasteiger partial charge >= 0.3 is 0 Å². The second kappa shape index (κ2) is 4.60. The van der Waals surface area contributed by atoms with Crippen LogP contribution in [0.25, 0.3) is 5.65 Å². The van der Waals surface area contributed by atoms with Gasteiger partial charge in [0.2, 0.25) is 0 Å². The highest BCUT2D eigenvalue weighted by Crippen LogP contribution is 2.35. The molecule has 4 nitrogen and oxygen atoms in total. The van der Waals surface area contributed by atoms with E-state index in [0.29, 0.717) is 12.1 Å². The first-order valence-electron chi connectivity index (χ1n) is 7.18. The molecule has 1 fully saturated rings. The van der Waals surface area contributed by atoms with Crippen LogP contribution in [0.1, 0.15) is 49.7 Å². The van der Waals surface area contributed by atoms with E-state index < -0.39 is 0 Å². The highest BCUT2D eigenvalue weighted by molar-refractivity contribution is 5.42. The van der Waals surface area contributed by atoms with Gasteiger partial charge in [0.1, 0.15) is 0 Å². The third kappa shape index (κ3) is 2.25. The number of fused-ring (bicyclic) bond motifs is 1. The van der Waals surface area contributed by atoms with Crippen LogP contribution < -0.4 is 5.32 Å². The predicted octanol–water partition coefficient (Wildman–Crippen LogP) is 2.80. The second-order valence-electron chi connectivity index (χ2n) is 5.75. The molecule has 0 aromatic carbocycles. The summed E-state index contributed by atoms with van der Waals surface area (Å²) in [5.41, 5.74) is 4.38. The van der Waals surface area contributed by atoms with Crippen LogP contribution in [0.15, 0.2) is 12.3 Å². The van der Waals surface area contributed by atoms with Crippen molar-refractivity contribution >= 4 is 5.65 Å². The van der Waals surface area contributed by atoms with Gasteiger partial charge in [-0.1, -0.05) is 13.3 Å². The summed E-state index contributed by atoms with van der Waals surface area (Å²) in [6.07, 6.45) is 4.59. The van der Waals surface area contributed by atoms with E-state index in [1.54, 1.807) is 0 Å². The molecule has 1 aliphatic rings. The van der Waals surface area contributed by atoms with Gasteiger partial charge in [-0.2, -0.15) is 5.10 Å². The Morgan fingerprint density at radius 3 is 2.95 bits per heavy atom. The number of hydrogen-bond donors (Lipinski definition) is 1. The highest BCUT2D eigenvalue weighted by Gasteiger charge is 2.36. The molecule has 2 heterocycles. The topological polar surface area (TPSA) is 42.2 Å². The lowest BCUT2D eigenvalue weighted by atomic mass is 10.1. The number of rotatable bonds is 4. The van der Waals surface area contributed by atoms with Crippen LogP contribution in [0, 0.1) is 19.8 Å². The van der Waals surface area contributed by atoms with Gasteiger partial charge in [-0.05, 0) is 33.1 Å². The number of nitrogens with one attached hydrogen (secondary N) is 1. The maximum absolute atomic E-state index is 4.51. The van der Waals surface area contributed by atoms with Crippen molar-refractivity contribution in [1.82, 2.24) is 19.9 Å². The minimum absolute atomic E-state index is 0.336. The molecule has 0 amide bonds. The van der Waals surface area contributed by atoms with Crippen LogP contribution in [-0.2, 0) is 0 Å². The zero-order valence-corrected chi connectivity index (χ0v) is 12.1. The molecular formula is C15H22N4. The predicted molar refractivity (Wildman–Crippen MR) is 76.2 cm³/mol. The van der Waals surface area contributed by atoms with Gasteiger partial charge in [-0.25, -0.2) is 9.50 Å². The molecule has 0 aliphatic heterocycles. The van der Waals surface area contributed by atoms with Crippen molar-refractivity contribution in [3.8, 4) is 0 Å². The van der Waals surface area contributed by atoms with Crippen LogP contribution in [-0.4, -0.2) is 20.6 Å². The summed E-state index contributed by atoms with van der Waals surface area (Å²) >= 11 is 0. The van der Waals surface area contributed by atoms with Crippen LogP contribution >= 0.6 is 0 Å². The first-order chi connectivity index (χ1) is 9.10. The molecule has 2 aromatic rings. The summed E-state index contributed by atoms with van der Waals surface area (Å²) < 4.78 is 1.95. The Hall–Kier alpha value is -1.42. The molecule has 0 bridgehead atoms. The summed E-state index contributed by atoms with van der Waals surface area (Å²) in [6, 6.07) is 3.04. The summed E-state index contributed by atoms with van der Waals surface area (Å²) in [5, 5.41) is 8.21. The van der Waals surface area contributed by atoms with E-state index in [9.17, 15) is 0 Å². The molecule has 1 saturated carbocycles. The maximum Gasteiger partial charge on any atom is 0.155 e. The van der Waals surface area contributed by atoms with Gasteiger partial charge < -0.3 is 5.32 Å². The SMILES string of the molecule is CCC1CC1NC(C)c1cnc2cc(C)nn2c1C. The van der Waals surface area contributed by atoms with Crippen LogP contribution in [0.4, 0.5) is 0 Å². The molecule has 0 spiro atoms. The van der Waals surface area contributed by atoms with Crippen molar-refractivity contribution in [2.24, 2.45) is 5.92 Å². The van der Waals surface area contributed by atoms with Crippen LogP contribution in [0.3, 0.4) is 0 Å². The lowest BCUT2D eigenvalue weighted by Crippen LogP contribution is -2.24. The van der Waals surface area contributed by atoms with Gasteiger partial charge in [0.25, 0.3) is 0 Å². The minimum Gasteiger partial charge on any atom is -0.307 e. The van der Waals surface area contributed by atoms with Crippen molar-refractivity contribution < 1.29 is 0 Å². The van der Waals surface area contributed by atoms with Crippen LogP contribution in [0.5, 0.6) is 0 Å². The Balaban J connectivity index is 1.85. The number of nitrogens with zero attached hydrogens (tertiary/aromatic N) is 3. The summed E-state index contributed by atoms with van der Waals surface area (Å²) in [5.74, 6) is 0.867. The van der Waals surface area contributed by atoms with Crippen molar-refractivity contribution in [3.05, 3.63) is 29.2 Å². The molecule has 3 unspecified atom stereocenters. The number of aromatic nitrogens is 3. The molecular weight excluding hydrogens is 236 g/mol. The van der Waals surface area contributed by atoms with E-state index in [-0.39, 0.29) is 0 Å². The average molecular weight is 258 g/mol. The third-order valence-corrected chi connectivity index (χ3v) is 4.26. The van der Waals surface area contributed by atoms with Gasteiger partial charge in [0, 0.05) is 35.6 Å². The van der Waals surface area contributed by atoms with Crippen molar-refractivity contribution in [3.63, 3.8) is 0 Å². The molecule has 1 N–H and O–H groups in total. The average Bonchev–Trinajstić information content (AvgIpc) is 3.00. The summed E-state index contributed by atoms with van der Waals surface area (Å²) in [4.78, 5) is 4.51. The fraction of sp³-hybridized carbons (Fsp3) is 0.600. The first-order valence-corrected chi connectivity index (χ1v) is 7.18. The summed E-state index contributed by atoms with van der Waals surface area (Å²) in [7, 11) is 0. The Labute approximate surface area is 114 Å². The van der Waals surface area contributed by atoms with Gasteiger partial charge in [-0.3, -0.25) is 0 Å². The Bertz CT molecular complexity index is 601.